The number of carbonyl (C=O) groups excluding carboxylic acids is 2. The summed E-state index contributed by atoms with van der Waals surface area (Å²) < 4.78 is 0. The maximum Gasteiger partial charge on any atom is 0.194 e. The van der Waals surface area contributed by atoms with E-state index in [0.29, 0.717) is 6.42 Å². The Labute approximate surface area is 112 Å². The molecule has 0 bridgehead atoms. The number of carbonyl (C=O) groups is 2. The van der Waals surface area contributed by atoms with E-state index in [4.69, 9.17) is 0 Å². The fraction of sp³-hybridized carbons (Fsp3) is 0.176. The van der Waals surface area contributed by atoms with Gasteiger partial charge in [-0.15, -0.1) is 0 Å². The van der Waals surface area contributed by atoms with Crippen LogP contribution < -0.4 is 0 Å². The predicted octanol–water partition coefficient (Wildman–Crippen LogP) is 3.59. The van der Waals surface area contributed by atoms with E-state index in [1.54, 1.807) is 0 Å². The number of ketones is 1. The number of rotatable bonds is 3. The van der Waals surface area contributed by atoms with Crippen LogP contribution in [0.3, 0.4) is 0 Å². The van der Waals surface area contributed by atoms with Gasteiger partial charge in [0.15, 0.2) is 5.78 Å². The van der Waals surface area contributed by atoms with Gasteiger partial charge in [-0.25, -0.2) is 0 Å². The van der Waals surface area contributed by atoms with Gasteiger partial charge in [0.25, 0.3) is 0 Å². The van der Waals surface area contributed by atoms with E-state index in [-0.39, 0.29) is 11.7 Å². The van der Waals surface area contributed by atoms with Gasteiger partial charge < -0.3 is 4.79 Å². The van der Waals surface area contributed by atoms with E-state index in [1.807, 2.05) is 49.4 Å². The highest BCUT2D eigenvalue weighted by molar-refractivity contribution is 6.21. The molecule has 1 aliphatic rings. The van der Waals surface area contributed by atoms with E-state index >= 15 is 0 Å². The Morgan fingerprint density at radius 3 is 2.42 bits per heavy atom. The highest BCUT2D eigenvalue weighted by atomic mass is 16.1. The van der Waals surface area contributed by atoms with Crippen LogP contribution in [0.15, 0.2) is 42.5 Å². The third kappa shape index (κ3) is 1.80. The average Bonchev–Trinajstić information content (AvgIpc) is 2.73. The first kappa shape index (κ1) is 11.8. The Kier molecular flexibility index (Phi) is 2.79. The van der Waals surface area contributed by atoms with Gasteiger partial charge in [-0.2, -0.15) is 0 Å². The molecule has 1 aliphatic carbocycles. The quantitative estimate of drug-likeness (QED) is 0.666. The van der Waals surface area contributed by atoms with Crippen LogP contribution in [-0.2, 0) is 4.79 Å². The molecule has 0 radical (unpaired) electrons. The highest BCUT2D eigenvalue weighted by Crippen LogP contribution is 2.37. The summed E-state index contributed by atoms with van der Waals surface area (Å²) in [5.74, 6) is 0.241. The molecule has 0 saturated heterocycles. The van der Waals surface area contributed by atoms with Crippen molar-refractivity contribution in [1.82, 2.24) is 0 Å². The zero-order valence-electron chi connectivity index (χ0n) is 10.7. The molecule has 2 nitrogen and oxygen atoms in total. The van der Waals surface area contributed by atoms with E-state index < -0.39 is 0 Å². The van der Waals surface area contributed by atoms with Gasteiger partial charge in [-0.3, -0.25) is 4.79 Å². The zero-order chi connectivity index (χ0) is 13.4. The summed E-state index contributed by atoms with van der Waals surface area (Å²) in [5.41, 5.74) is 4.60. The average molecular weight is 250 g/mol. The van der Waals surface area contributed by atoms with Gasteiger partial charge in [-0.05, 0) is 28.7 Å². The van der Waals surface area contributed by atoms with Gasteiger partial charge in [-0.1, -0.05) is 43.3 Å². The summed E-state index contributed by atoms with van der Waals surface area (Å²) in [6.45, 7) is 2.00. The molecular weight excluding hydrogens is 236 g/mol. The molecule has 0 spiro atoms. The lowest BCUT2D eigenvalue weighted by Gasteiger charge is -2.09. The van der Waals surface area contributed by atoms with Crippen molar-refractivity contribution < 1.29 is 9.59 Å². The maximum absolute atomic E-state index is 12.4. The van der Waals surface area contributed by atoms with E-state index in [1.165, 1.54) is 0 Å². The van der Waals surface area contributed by atoms with E-state index in [9.17, 15) is 9.59 Å². The number of aldehydes is 1. The Balaban J connectivity index is 2.10. The molecule has 0 fully saturated rings. The van der Waals surface area contributed by atoms with Crippen molar-refractivity contribution in [2.75, 3.05) is 0 Å². The molecule has 0 amide bonds. The number of benzene rings is 2. The Morgan fingerprint density at radius 2 is 1.68 bits per heavy atom. The van der Waals surface area contributed by atoms with Crippen molar-refractivity contribution in [1.29, 1.82) is 0 Å². The minimum atomic E-state index is 0.0887. The molecule has 0 heterocycles. The van der Waals surface area contributed by atoms with Crippen molar-refractivity contribution >= 4 is 12.1 Å². The van der Waals surface area contributed by atoms with Gasteiger partial charge in [0.1, 0.15) is 6.29 Å². The summed E-state index contributed by atoms with van der Waals surface area (Å²) in [4.78, 5) is 22.9. The molecule has 94 valence electrons. The molecular formula is C17H14O2. The monoisotopic (exact) mass is 250 g/mol. The Bertz CT molecular complexity index is 671. The molecule has 1 atom stereocenters. The van der Waals surface area contributed by atoms with Gasteiger partial charge >= 0.3 is 0 Å². The van der Waals surface area contributed by atoms with Crippen LogP contribution in [0, 0.1) is 0 Å². The second-order valence-electron chi connectivity index (χ2n) is 4.98. The fourth-order valence-electron chi connectivity index (χ4n) is 2.63. The number of hydrogen-bond acceptors (Lipinski definition) is 2. The third-order valence-electron chi connectivity index (χ3n) is 3.77. The van der Waals surface area contributed by atoms with Crippen molar-refractivity contribution in [3.63, 3.8) is 0 Å². The zero-order valence-corrected chi connectivity index (χ0v) is 10.7. The first-order valence-electron chi connectivity index (χ1n) is 6.44. The molecule has 1 unspecified atom stereocenters. The molecule has 2 aromatic rings. The molecule has 0 aliphatic heterocycles. The second kappa shape index (κ2) is 4.47. The molecule has 2 aromatic carbocycles. The summed E-state index contributed by atoms with van der Waals surface area (Å²) in [6, 6.07) is 13.6. The fourth-order valence-corrected chi connectivity index (χ4v) is 2.63. The van der Waals surface area contributed by atoms with Gasteiger partial charge in [0.2, 0.25) is 0 Å². The van der Waals surface area contributed by atoms with E-state index in [2.05, 4.69) is 0 Å². The minimum Gasteiger partial charge on any atom is -0.303 e. The first-order chi connectivity index (χ1) is 9.22. The van der Waals surface area contributed by atoms with Crippen molar-refractivity contribution in [2.45, 2.75) is 19.3 Å². The van der Waals surface area contributed by atoms with Crippen LogP contribution in [0.2, 0.25) is 0 Å². The largest absolute Gasteiger partial charge is 0.303 e. The lowest BCUT2D eigenvalue weighted by Crippen LogP contribution is -1.99. The maximum atomic E-state index is 12.4. The van der Waals surface area contributed by atoms with Crippen LogP contribution in [-0.4, -0.2) is 12.1 Å². The SMILES string of the molecule is CC(CC=O)c1ccc2c(c1)C(=O)c1ccccc1-2. The van der Waals surface area contributed by atoms with Crippen LogP contribution in [0.5, 0.6) is 0 Å². The normalized spacial score (nSPS) is 13.8. The van der Waals surface area contributed by atoms with Crippen molar-refractivity contribution in [2.24, 2.45) is 0 Å². The Morgan fingerprint density at radius 1 is 1.00 bits per heavy atom. The minimum absolute atomic E-state index is 0.0887. The summed E-state index contributed by atoms with van der Waals surface area (Å²) in [7, 11) is 0. The summed E-state index contributed by atoms with van der Waals surface area (Å²) >= 11 is 0. The van der Waals surface area contributed by atoms with Crippen molar-refractivity contribution in [3.05, 3.63) is 59.2 Å². The van der Waals surface area contributed by atoms with Crippen LogP contribution >= 0.6 is 0 Å². The molecule has 0 N–H and O–H groups in total. The Hall–Kier alpha value is -2.22. The van der Waals surface area contributed by atoms with Crippen LogP contribution in [0.4, 0.5) is 0 Å². The van der Waals surface area contributed by atoms with Crippen LogP contribution in [0.1, 0.15) is 40.7 Å². The lowest BCUT2D eigenvalue weighted by molar-refractivity contribution is -0.108. The molecule has 3 rings (SSSR count). The predicted molar refractivity (Wildman–Crippen MR) is 74.4 cm³/mol. The lowest BCUT2D eigenvalue weighted by atomic mass is 9.94. The molecule has 0 aromatic heterocycles. The van der Waals surface area contributed by atoms with Gasteiger partial charge in [0, 0.05) is 17.5 Å². The summed E-state index contributed by atoms with van der Waals surface area (Å²) in [6.07, 6.45) is 1.41. The van der Waals surface area contributed by atoms with Gasteiger partial charge in [0.05, 0.1) is 0 Å². The molecule has 19 heavy (non-hydrogen) atoms. The summed E-state index contributed by atoms with van der Waals surface area (Å²) in [5, 5.41) is 0. The number of fused-ring (bicyclic) bond motifs is 3. The standard InChI is InChI=1S/C17H14O2/c1-11(8-9-18)12-6-7-14-13-4-2-3-5-15(13)17(19)16(14)10-12/h2-7,9-11H,8H2,1H3. The topological polar surface area (TPSA) is 34.1 Å². The number of hydrogen-bond donors (Lipinski definition) is 0. The van der Waals surface area contributed by atoms with E-state index in [0.717, 1.165) is 34.1 Å². The highest BCUT2D eigenvalue weighted by Gasteiger charge is 2.26. The van der Waals surface area contributed by atoms with Crippen molar-refractivity contribution in [3.8, 4) is 11.1 Å². The molecule has 2 heteroatoms. The smallest absolute Gasteiger partial charge is 0.194 e. The molecule has 0 saturated carbocycles. The third-order valence-corrected chi connectivity index (χ3v) is 3.77. The second-order valence-corrected chi connectivity index (χ2v) is 4.98. The van der Waals surface area contributed by atoms with Crippen LogP contribution in [0.25, 0.3) is 11.1 Å². The first-order valence-corrected chi connectivity index (χ1v) is 6.44.